The van der Waals surface area contributed by atoms with Crippen LogP contribution in [-0.2, 0) is 11.3 Å². The van der Waals surface area contributed by atoms with E-state index in [1.807, 2.05) is 6.92 Å². The van der Waals surface area contributed by atoms with Crippen LogP contribution in [0.4, 0.5) is 23.7 Å². The van der Waals surface area contributed by atoms with Crippen molar-refractivity contribution in [3.05, 3.63) is 59.7 Å². The lowest BCUT2D eigenvalue weighted by molar-refractivity contribution is -0.274. The van der Waals surface area contributed by atoms with Crippen LogP contribution >= 0.6 is 0 Å². The van der Waals surface area contributed by atoms with Crippen molar-refractivity contribution in [3.8, 4) is 5.75 Å². The van der Waals surface area contributed by atoms with Crippen LogP contribution in [0.5, 0.6) is 5.75 Å². The molecule has 0 aliphatic carbocycles. The molecule has 1 atom stereocenters. The number of benzene rings is 2. The van der Waals surface area contributed by atoms with E-state index in [-0.39, 0.29) is 31.3 Å². The Kier molecular flexibility index (Phi) is 11.2. The second-order valence-corrected chi connectivity index (χ2v) is 8.43. The van der Waals surface area contributed by atoms with Gasteiger partial charge >= 0.3 is 18.4 Å². The minimum absolute atomic E-state index is 0.0167. The molecule has 0 saturated carbocycles. The first-order valence-corrected chi connectivity index (χ1v) is 12.0. The lowest BCUT2D eigenvalue weighted by Gasteiger charge is -2.31. The van der Waals surface area contributed by atoms with Crippen LogP contribution in [0.15, 0.2) is 48.5 Å². The molecule has 1 unspecified atom stereocenters. The Balaban J connectivity index is 2.13. The predicted octanol–water partition coefficient (Wildman–Crippen LogP) is 5.79. The molecule has 3 N–H and O–H groups in total. The van der Waals surface area contributed by atoms with E-state index < -0.39 is 24.3 Å². The highest BCUT2D eigenvalue weighted by molar-refractivity contribution is 5.94. The van der Waals surface area contributed by atoms with E-state index in [9.17, 15) is 27.6 Å². The average Bonchev–Trinajstić information content (AvgIpc) is 2.84. The maximum Gasteiger partial charge on any atom is 0.573 e. The fourth-order valence-corrected chi connectivity index (χ4v) is 3.67. The zero-order chi connectivity index (χ0) is 27.4. The number of halogens is 3. The lowest BCUT2D eigenvalue weighted by Crippen LogP contribution is -2.42. The third-order valence-corrected chi connectivity index (χ3v) is 5.60. The number of rotatable bonds is 13. The molecule has 202 valence electrons. The number of nitrogens with zero attached hydrogens (tertiary/aromatic N) is 1. The molecule has 0 heterocycles. The minimum atomic E-state index is -4.80. The number of nitrogens with one attached hydrogen (secondary N) is 2. The molecule has 2 aromatic carbocycles. The van der Waals surface area contributed by atoms with E-state index in [0.717, 1.165) is 37.0 Å². The van der Waals surface area contributed by atoms with Crippen molar-refractivity contribution in [1.82, 2.24) is 10.2 Å². The van der Waals surface area contributed by atoms with Gasteiger partial charge in [-0.25, -0.2) is 4.79 Å². The Hall–Kier alpha value is -3.76. The second-order valence-electron chi connectivity index (χ2n) is 8.43. The fourth-order valence-electron chi connectivity index (χ4n) is 3.67. The molecular weight excluding hydrogens is 491 g/mol. The molecule has 0 fully saturated rings. The highest BCUT2D eigenvalue weighted by Gasteiger charge is 2.31. The van der Waals surface area contributed by atoms with Crippen LogP contribution in [0.3, 0.4) is 0 Å². The monoisotopic (exact) mass is 523 g/mol. The van der Waals surface area contributed by atoms with E-state index in [4.69, 9.17) is 5.11 Å². The number of anilines is 1. The first-order chi connectivity index (χ1) is 17.5. The van der Waals surface area contributed by atoms with Crippen molar-refractivity contribution >= 4 is 23.6 Å². The summed E-state index contributed by atoms with van der Waals surface area (Å²) in [6.45, 7) is 4.31. The normalized spacial score (nSPS) is 11.9. The van der Waals surface area contributed by atoms with E-state index in [0.29, 0.717) is 17.7 Å². The van der Waals surface area contributed by atoms with Gasteiger partial charge in [0.2, 0.25) is 0 Å². The first-order valence-electron chi connectivity index (χ1n) is 12.0. The summed E-state index contributed by atoms with van der Waals surface area (Å²) in [5.74, 6) is -1.79. The summed E-state index contributed by atoms with van der Waals surface area (Å²) in [4.78, 5) is 37.7. The number of aliphatic carboxylic acids is 1. The SMILES string of the molecule is CCCCC(CC)N(Cc1ccc(C(=O)NCCC(=O)O)cc1)C(=O)Nc1ccc(OC(F)(F)F)cc1. The highest BCUT2D eigenvalue weighted by atomic mass is 19.4. The van der Waals surface area contributed by atoms with Gasteiger partial charge in [0, 0.05) is 30.4 Å². The number of carbonyl (C=O) groups is 3. The van der Waals surface area contributed by atoms with Crippen molar-refractivity contribution in [2.45, 2.75) is 64.9 Å². The molecule has 0 radical (unpaired) electrons. The third kappa shape index (κ3) is 10.4. The van der Waals surface area contributed by atoms with E-state index in [2.05, 4.69) is 22.3 Å². The van der Waals surface area contributed by atoms with Crippen molar-refractivity contribution in [2.24, 2.45) is 0 Å². The molecule has 0 aliphatic heterocycles. The van der Waals surface area contributed by atoms with Gasteiger partial charge < -0.3 is 25.4 Å². The van der Waals surface area contributed by atoms with Crippen molar-refractivity contribution in [1.29, 1.82) is 0 Å². The third-order valence-electron chi connectivity index (χ3n) is 5.60. The fraction of sp³-hybridized carbons (Fsp3) is 0.423. The molecule has 0 aromatic heterocycles. The molecule has 3 amide bonds. The Morgan fingerprint density at radius 3 is 2.22 bits per heavy atom. The molecule has 0 saturated heterocycles. The molecule has 2 aromatic rings. The molecule has 0 aliphatic rings. The Labute approximate surface area is 213 Å². The Morgan fingerprint density at radius 2 is 1.68 bits per heavy atom. The number of urea groups is 1. The van der Waals surface area contributed by atoms with Gasteiger partial charge in [-0.1, -0.05) is 38.8 Å². The maximum atomic E-state index is 13.2. The van der Waals surface area contributed by atoms with Gasteiger partial charge in [0.15, 0.2) is 0 Å². The number of ether oxygens (including phenoxy) is 1. The van der Waals surface area contributed by atoms with Gasteiger partial charge in [-0.15, -0.1) is 13.2 Å². The molecule has 37 heavy (non-hydrogen) atoms. The molecule has 8 nitrogen and oxygen atoms in total. The number of carboxylic acids is 1. The Bertz CT molecular complexity index is 1030. The highest BCUT2D eigenvalue weighted by Crippen LogP contribution is 2.25. The number of hydrogen-bond donors (Lipinski definition) is 3. The number of hydrogen-bond acceptors (Lipinski definition) is 4. The standard InChI is InChI=1S/C26H32F3N3O5/c1-3-5-6-21(4-2)32(25(36)31-20-11-13-22(14-12-20)37-26(27,28)29)17-18-7-9-19(10-8-18)24(35)30-16-15-23(33)34/h7-14,21H,3-6,15-17H2,1-2H3,(H,30,35)(H,31,36)(H,33,34). The largest absolute Gasteiger partial charge is 0.573 e. The van der Waals surface area contributed by atoms with Crippen LogP contribution < -0.4 is 15.4 Å². The van der Waals surface area contributed by atoms with E-state index in [1.54, 1.807) is 29.2 Å². The quantitative estimate of drug-likeness (QED) is 0.308. The van der Waals surface area contributed by atoms with Gasteiger partial charge in [0.05, 0.1) is 6.42 Å². The van der Waals surface area contributed by atoms with Crippen LogP contribution in [0, 0.1) is 0 Å². The van der Waals surface area contributed by atoms with Gasteiger partial charge in [-0.2, -0.15) is 0 Å². The second kappa shape index (κ2) is 14.1. The smallest absolute Gasteiger partial charge is 0.481 e. The van der Waals surface area contributed by atoms with E-state index in [1.165, 1.54) is 12.1 Å². The van der Waals surface area contributed by atoms with Crippen molar-refractivity contribution in [2.75, 3.05) is 11.9 Å². The zero-order valence-corrected chi connectivity index (χ0v) is 20.8. The predicted molar refractivity (Wildman–Crippen MR) is 132 cm³/mol. The summed E-state index contributed by atoms with van der Waals surface area (Å²) in [5.41, 5.74) is 1.47. The van der Waals surface area contributed by atoms with Gasteiger partial charge in [0.25, 0.3) is 5.91 Å². The van der Waals surface area contributed by atoms with Crippen LogP contribution in [0.2, 0.25) is 0 Å². The summed E-state index contributed by atoms with van der Waals surface area (Å²) < 4.78 is 41.1. The first kappa shape index (κ1) is 29.5. The number of carbonyl (C=O) groups excluding carboxylic acids is 2. The summed E-state index contributed by atoms with van der Waals surface area (Å²) in [6.07, 6.45) is -1.62. The number of alkyl halides is 3. The van der Waals surface area contributed by atoms with Crippen molar-refractivity contribution in [3.63, 3.8) is 0 Å². The van der Waals surface area contributed by atoms with Gasteiger partial charge in [0.1, 0.15) is 5.75 Å². The van der Waals surface area contributed by atoms with Crippen LogP contribution in [-0.4, -0.2) is 46.9 Å². The summed E-state index contributed by atoms with van der Waals surface area (Å²) >= 11 is 0. The molecule has 11 heteroatoms. The Morgan fingerprint density at radius 1 is 1.03 bits per heavy atom. The molecule has 2 rings (SSSR count). The summed E-state index contributed by atoms with van der Waals surface area (Å²) in [5, 5.41) is 14.0. The number of unbranched alkanes of at least 4 members (excludes halogenated alkanes) is 1. The van der Waals surface area contributed by atoms with Crippen LogP contribution in [0.25, 0.3) is 0 Å². The van der Waals surface area contributed by atoms with Gasteiger partial charge in [-0.05, 0) is 54.8 Å². The average molecular weight is 524 g/mol. The topological polar surface area (TPSA) is 108 Å². The maximum absolute atomic E-state index is 13.2. The van der Waals surface area contributed by atoms with Crippen molar-refractivity contribution < 1.29 is 37.4 Å². The lowest BCUT2D eigenvalue weighted by atomic mass is 10.0. The molecule has 0 bridgehead atoms. The zero-order valence-electron chi connectivity index (χ0n) is 20.8. The van der Waals surface area contributed by atoms with Gasteiger partial charge in [-0.3, -0.25) is 9.59 Å². The molecule has 0 spiro atoms. The number of amides is 3. The summed E-state index contributed by atoms with van der Waals surface area (Å²) in [7, 11) is 0. The van der Waals surface area contributed by atoms with E-state index >= 15 is 0 Å². The van der Waals surface area contributed by atoms with Crippen LogP contribution in [0.1, 0.15) is 61.9 Å². The number of carboxylic acid groups (broad SMARTS) is 1. The molecular formula is C26H32F3N3O5. The summed E-state index contributed by atoms with van der Waals surface area (Å²) in [6, 6.07) is 11.1. The minimum Gasteiger partial charge on any atom is -0.481 e.